The molecule has 0 heterocycles. The minimum absolute atomic E-state index is 0. The zero-order valence-electron chi connectivity index (χ0n) is 13.2. The number of rotatable bonds is 12. The molecule has 0 saturated carbocycles. The van der Waals surface area contributed by atoms with Crippen LogP contribution < -0.4 is 4.89 Å². The molecule has 0 rings (SSSR count). The normalized spacial score (nSPS) is 12.4. The van der Waals surface area contributed by atoms with Gasteiger partial charge in [-0.25, -0.2) is 0 Å². The molecule has 0 N–H and O–H groups in total. The Kier molecular flexibility index (Phi) is 18.1. The van der Waals surface area contributed by atoms with E-state index in [9.17, 15) is 14.3 Å². The second-order valence-electron chi connectivity index (χ2n) is 5.03. The van der Waals surface area contributed by atoms with Gasteiger partial charge >= 0.3 is 14.0 Å². The summed E-state index contributed by atoms with van der Waals surface area (Å²) in [7, 11) is -2.53. The Hall–Kier alpha value is 0.530. The third-order valence-electron chi connectivity index (χ3n) is 3.08. The summed E-state index contributed by atoms with van der Waals surface area (Å²) in [5.74, 6) is -0.408. The molecule has 0 bridgehead atoms. The van der Waals surface area contributed by atoms with E-state index in [4.69, 9.17) is 4.74 Å². The maximum Gasteiger partial charge on any atom is 0.312 e. The van der Waals surface area contributed by atoms with Gasteiger partial charge in [0.15, 0.2) is 5.66 Å². The summed E-state index contributed by atoms with van der Waals surface area (Å²) in [6.45, 7) is 4.14. The third kappa shape index (κ3) is 14.9. The van der Waals surface area contributed by atoms with Crippen molar-refractivity contribution in [3.05, 3.63) is 0 Å². The van der Waals surface area contributed by atoms with Gasteiger partial charge in [0.05, 0.1) is 13.0 Å². The first kappa shape index (κ1) is 22.8. The van der Waals surface area contributed by atoms with E-state index < -0.39 is 19.7 Å². The van der Waals surface area contributed by atoms with Crippen LogP contribution in [-0.2, 0) is 14.1 Å². The van der Waals surface area contributed by atoms with Crippen LogP contribution in [0.2, 0.25) is 0 Å². The van der Waals surface area contributed by atoms with Crippen molar-refractivity contribution in [2.24, 2.45) is 0 Å². The molecule has 0 aromatic carbocycles. The topological polar surface area (TPSA) is 66.4 Å². The van der Waals surface area contributed by atoms with Gasteiger partial charge in [-0.2, -0.15) is 0 Å². The number of ether oxygens (including phenoxy) is 1. The Morgan fingerprint density at radius 2 is 1.60 bits per heavy atom. The Morgan fingerprint density at radius 1 is 1.10 bits per heavy atom. The van der Waals surface area contributed by atoms with Crippen LogP contribution in [-0.4, -0.2) is 47.8 Å². The standard InChI is InChI=1S/C14H27O4P.Na/c1-3-4-5-6-7-8-9-10-11-18-14(15)12-13(2)19(16)17;/h13H,3-12H2,1-2H3;. The smallest absolute Gasteiger partial charge is 0.312 e. The summed E-state index contributed by atoms with van der Waals surface area (Å²) < 4.78 is 15.6. The predicted octanol–water partition coefficient (Wildman–Crippen LogP) is 3.17. The summed E-state index contributed by atoms with van der Waals surface area (Å²) in [6, 6.07) is 0. The SMILES string of the molecule is CCCCCCCCCCOC(=O)CC(C)[P+](=O)[O-].[Na]. The van der Waals surface area contributed by atoms with E-state index in [2.05, 4.69) is 6.92 Å². The maximum absolute atomic E-state index is 11.3. The molecule has 6 heteroatoms. The fourth-order valence-electron chi connectivity index (χ4n) is 1.80. The molecule has 0 aliphatic heterocycles. The Labute approximate surface area is 146 Å². The van der Waals surface area contributed by atoms with Gasteiger partial charge in [0.2, 0.25) is 0 Å². The molecule has 2 atom stereocenters. The molecule has 0 aliphatic rings. The second kappa shape index (κ2) is 15.9. The zero-order chi connectivity index (χ0) is 14.5. The Morgan fingerprint density at radius 3 is 2.10 bits per heavy atom. The number of esters is 1. The molecule has 1 radical (unpaired) electrons. The summed E-state index contributed by atoms with van der Waals surface area (Å²) in [5, 5.41) is 0. The molecule has 0 fully saturated rings. The number of hydrogen-bond acceptors (Lipinski definition) is 4. The summed E-state index contributed by atoms with van der Waals surface area (Å²) in [6.07, 6.45) is 9.54. The predicted molar refractivity (Wildman–Crippen MR) is 81.0 cm³/mol. The van der Waals surface area contributed by atoms with Gasteiger partial charge < -0.3 is 9.63 Å². The van der Waals surface area contributed by atoms with Gasteiger partial charge in [-0.05, 0) is 13.3 Å². The van der Waals surface area contributed by atoms with Crippen molar-refractivity contribution in [2.45, 2.75) is 77.3 Å². The van der Waals surface area contributed by atoms with Crippen molar-refractivity contribution >= 4 is 43.6 Å². The molecule has 0 aromatic heterocycles. The van der Waals surface area contributed by atoms with Gasteiger partial charge in [-0.1, -0.05) is 56.4 Å². The Balaban J connectivity index is 0. The van der Waals surface area contributed by atoms with Gasteiger partial charge in [-0.3, -0.25) is 4.79 Å². The number of carbonyl (C=O) groups excluding carboxylic acids is 1. The van der Waals surface area contributed by atoms with E-state index in [1.165, 1.54) is 45.4 Å². The summed E-state index contributed by atoms with van der Waals surface area (Å²) in [4.78, 5) is 21.9. The van der Waals surface area contributed by atoms with E-state index in [0.29, 0.717) is 6.61 Å². The van der Waals surface area contributed by atoms with Gasteiger partial charge in [-0.15, -0.1) is 0 Å². The molecule has 4 nitrogen and oxygen atoms in total. The van der Waals surface area contributed by atoms with Crippen LogP contribution in [0.5, 0.6) is 0 Å². The maximum atomic E-state index is 11.3. The zero-order valence-corrected chi connectivity index (χ0v) is 16.1. The molecule has 0 amide bonds. The number of hydrogen-bond donors (Lipinski definition) is 0. The van der Waals surface area contributed by atoms with Crippen LogP contribution in [0.25, 0.3) is 0 Å². The first-order valence-electron chi connectivity index (χ1n) is 7.37. The molecule has 113 valence electrons. The quantitative estimate of drug-likeness (QED) is 0.240. The van der Waals surface area contributed by atoms with Crippen molar-refractivity contribution in [1.29, 1.82) is 0 Å². The molecule has 0 aromatic rings. The van der Waals surface area contributed by atoms with Crippen LogP contribution in [0.1, 0.15) is 71.6 Å². The van der Waals surface area contributed by atoms with Crippen LogP contribution >= 0.6 is 8.03 Å². The van der Waals surface area contributed by atoms with Crippen molar-refractivity contribution in [1.82, 2.24) is 0 Å². The van der Waals surface area contributed by atoms with Crippen LogP contribution in [0, 0.1) is 0 Å². The second-order valence-corrected chi connectivity index (χ2v) is 6.49. The molecular formula is C14H27NaO4P. The van der Waals surface area contributed by atoms with Gasteiger partial charge in [0.25, 0.3) is 0 Å². The molecular weight excluding hydrogens is 286 g/mol. The third-order valence-corrected chi connectivity index (χ3v) is 3.99. The monoisotopic (exact) mass is 313 g/mol. The van der Waals surface area contributed by atoms with E-state index in [-0.39, 0.29) is 36.0 Å². The average Bonchev–Trinajstić information content (AvgIpc) is 2.36. The first-order valence-corrected chi connectivity index (χ1v) is 8.61. The summed E-state index contributed by atoms with van der Waals surface area (Å²) in [5.41, 5.74) is -0.624. The summed E-state index contributed by atoms with van der Waals surface area (Å²) >= 11 is 0. The van der Waals surface area contributed by atoms with E-state index in [1.54, 1.807) is 0 Å². The molecule has 0 aliphatic carbocycles. The fourth-order valence-corrected chi connectivity index (χ4v) is 2.09. The van der Waals surface area contributed by atoms with Crippen LogP contribution in [0.4, 0.5) is 0 Å². The number of unbranched alkanes of at least 4 members (excludes halogenated alkanes) is 7. The first-order chi connectivity index (χ1) is 9.07. The number of carbonyl (C=O) groups is 1. The van der Waals surface area contributed by atoms with Crippen molar-refractivity contribution in [3.63, 3.8) is 0 Å². The molecule has 0 saturated heterocycles. The Bertz CT molecular complexity index is 262. The van der Waals surface area contributed by atoms with Crippen molar-refractivity contribution < 1.29 is 19.0 Å². The van der Waals surface area contributed by atoms with E-state index in [0.717, 1.165) is 12.8 Å². The molecule has 20 heavy (non-hydrogen) atoms. The minimum Gasteiger partial charge on any atom is -0.595 e. The largest absolute Gasteiger partial charge is 0.595 e. The van der Waals surface area contributed by atoms with E-state index in [1.807, 2.05) is 0 Å². The van der Waals surface area contributed by atoms with Crippen molar-refractivity contribution in [2.75, 3.05) is 6.61 Å². The molecule has 2 unspecified atom stereocenters. The molecule has 0 spiro atoms. The minimum atomic E-state index is -2.53. The fraction of sp³-hybridized carbons (Fsp3) is 0.929. The average molecular weight is 313 g/mol. The van der Waals surface area contributed by atoms with Crippen LogP contribution in [0.15, 0.2) is 0 Å². The van der Waals surface area contributed by atoms with Crippen molar-refractivity contribution in [3.8, 4) is 0 Å². The van der Waals surface area contributed by atoms with Gasteiger partial charge in [0.1, 0.15) is 0 Å². The van der Waals surface area contributed by atoms with E-state index >= 15 is 0 Å². The van der Waals surface area contributed by atoms with Crippen LogP contribution in [0.3, 0.4) is 0 Å². The van der Waals surface area contributed by atoms with Gasteiger partial charge in [0, 0.05) is 29.6 Å².